The van der Waals surface area contributed by atoms with Crippen molar-refractivity contribution in [1.29, 1.82) is 0 Å². The highest BCUT2D eigenvalue weighted by Gasteiger charge is 2.32. The summed E-state index contributed by atoms with van der Waals surface area (Å²) in [6, 6.07) is 7.95. The molecule has 2 N–H and O–H groups in total. The van der Waals surface area contributed by atoms with Crippen LogP contribution in [0.5, 0.6) is 0 Å². The summed E-state index contributed by atoms with van der Waals surface area (Å²) in [7, 11) is -7.93. The number of nitrogens with one attached hydrogen (secondary N) is 2. The molecule has 4 aromatic rings. The highest BCUT2D eigenvalue weighted by molar-refractivity contribution is 7.92. The minimum Gasteiger partial charge on any atom is -0.377 e. The number of halogens is 3. The number of sulfonamides is 1. The fourth-order valence-electron chi connectivity index (χ4n) is 5.66. The summed E-state index contributed by atoms with van der Waals surface area (Å²) < 4.78 is 102. The third-order valence-corrected chi connectivity index (χ3v) is 12.2. The van der Waals surface area contributed by atoms with E-state index in [2.05, 4.69) is 20.2 Å². The standard InChI is InChI=1S/C30H31F3N6O5S3/c1-17-15-44-16-18(2)39(17)30-37-26(27(45-30)24-9-12-34-29(36-24)35-19-10-13-46(40,41)14-11-19)20-5-3-8-23(25(20)33)38-47(42,43)28-21(31)6-4-7-22(28)32/h3-9,12,17-19,38H,10-11,13-16H2,1-2H3,(H,34,35,36)/t17-,18-/m1/s1. The summed E-state index contributed by atoms with van der Waals surface area (Å²) >= 11 is 1.26. The Balaban J connectivity index is 1.41. The van der Waals surface area contributed by atoms with Crippen LogP contribution in [0, 0.1) is 17.5 Å². The number of benzene rings is 2. The fourth-order valence-corrected chi connectivity index (χ4v) is 9.60. The van der Waals surface area contributed by atoms with Crippen LogP contribution in [0.15, 0.2) is 53.6 Å². The average Bonchev–Trinajstić information content (AvgIpc) is 3.44. The molecule has 2 aromatic heterocycles. The fraction of sp³-hybridized carbons (Fsp3) is 0.367. The summed E-state index contributed by atoms with van der Waals surface area (Å²) in [5, 5.41) is 3.76. The number of thiazole rings is 1. The second kappa shape index (κ2) is 13.0. The molecule has 2 atom stereocenters. The van der Waals surface area contributed by atoms with Gasteiger partial charge in [0.2, 0.25) is 5.95 Å². The van der Waals surface area contributed by atoms with Crippen molar-refractivity contribution in [3.8, 4) is 21.8 Å². The molecule has 0 unspecified atom stereocenters. The first-order chi connectivity index (χ1) is 22.3. The van der Waals surface area contributed by atoms with Gasteiger partial charge in [-0.2, -0.15) is 0 Å². The summed E-state index contributed by atoms with van der Waals surface area (Å²) in [5.41, 5.74) is -0.0380. The number of aromatic nitrogens is 3. The second-order valence-corrected chi connectivity index (χ2v) is 16.4. The van der Waals surface area contributed by atoms with Crippen molar-refractivity contribution in [1.82, 2.24) is 15.0 Å². The van der Waals surface area contributed by atoms with Gasteiger partial charge in [-0.05, 0) is 57.0 Å². The van der Waals surface area contributed by atoms with Crippen molar-refractivity contribution in [2.24, 2.45) is 0 Å². The van der Waals surface area contributed by atoms with Gasteiger partial charge in [0.1, 0.15) is 21.5 Å². The number of rotatable bonds is 8. The molecule has 0 saturated carbocycles. The molecule has 2 aliphatic heterocycles. The van der Waals surface area contributed by atoms with Crippen molar-refractivity contribution in [3.05, 3.63) is 66.1 Å². The third kappa shape index (κ3) is 6.93. The van der Waals surface area contributed by atoms with E-state index in [0.29, 0.717) is 41.8 Å². The van der Waals surface area contributed by atoms with Crippen LogP contribution < -0.4 is 14.9 Å². The molecule has 17 heteroatoms. The molecule has 0 amide bonds. The Morgan fingerprint density at radius 1 is 0.957 bits per heavy atom. The summed E-state index contributed by atoms with van der Waals surface area (Å²) in [4.78, 5) is 15.1. The molecule has 2 fully saturated rings. The number of ether oxygens (including phenoxy) is 1. The maximum atomic E-state index is 16.3. The zero-order valence-corrected chi connectivity index (χ0v) is 27.7. The van der Waals surface area contributed by atoms with Crippen LogP contribution in [-0.4, -0.2) is 74.6 Å². The minimum absolute atomic E-state index is 0.0607. The Morgan fingerprint density at radius 2 is 1.62 bits per heavy atom. The predicted octanol–water partition coefficient (Wildman–Crippen LogP) is 5.09. The van der Waals surface area contributed by atoms with Crippen LogP contribution in [0.1, 0.15) is 26.7 Å². The van der Waals surface area contributed by atoms with E-state index in [1.54, 1.807) is 6.07 Å². The van der Waals surface area contributed by atoms with Gasteiger partial charge in [-0.25, -0.2) is 45.0 Å². The Bertz CT molecular complexity index is 1980. The average molecular weight is 709 g/mol. The lowest BCUT2D eigenvalue weighted by Crippen LogP contribution is -2.49. The topological polar surface area (TPSA) is 143 Å². The van der Waals surface area contributed by atoms with Crippen LogP contribution in [0.4, 0.5) is 29.9 Å². The lowest BCUT2D eigenvalue weighted by molar-refractivity contribution is 0.0756. The molecule has 2 saturated heterocycles. The van der Waals surface area contributed by atoms with Crippen LogP contribution >= 0.6 is 11.3 Å². The number of sulfone groups is 1. The van der Waals surface area contributed by atoms with Crippen molar-refractivity contribution in [3.63, 3.8) is 0 Å². The molecule has 0 aliphatic carbocycles. The molecule has 11 nitrogen and oxygen atoms in total. The van der Waals surface area contributed by atoms with Crippen molar-refractivity contribution < 1.29 is 34.7 Å². The smallest absolute Gasteiger partial charge is 0.267 e. The van der Waals surface area contributed by atoms with Gasteiger partial charge in [-0.15, -0.1) is 0 Å². The van der Waals surface area contributed by atoms with E-state index in [9.17, 15) is 25.6 Å². The van der Waals surface area contributed by atoms with Crippen molar-refractivity contribution in [2.75, 3.05) is 39.7 Å². The van der Waals surface area contributed by atoms with E-state index in [1.807, 2.05) is 18.6 Å². The number of hydrogen-bond acceptors (Lipinski definition) is 11. The monoisotopic (exact) mass is 708 g/mol. The number of anilines is 3. The first kappa shape index (κ1) is 33.1. The Hall–Kier alpha value is -3.80. The van der Waals surface area contributed by atoms with Gasteiger partial charge in [0.15, 0.2) is 15.8 Å². The van der Waals surface area contributed by atoms with E-state index in [-0.39, 0.29) is 46.8 Å². The molecule has 6 rings (SSSR count). The van der Waals surface area contributed by atoms with Gasteiger partial charge in [-0.1, -0.05) is 23.5 Å². The zero-order valence-electron chi connectivity index (χ0n) is 25.3. The Labute approximate surface area is 274 Å². The molecule has 2 aromatic carbocycles. The summed E-state index contributed by atoms with van der Waals surface area (Å²) in [6.07, 6.45) is 2.34. The molecular formula is C30H31F3N6O5S3. The SMILES string of the molecule is C[C@@H]1COC[C@@H](C)N1c1nc(-c2cccc(NS(=O)(=O)c3c(F)cccc3F)c2F)c(-c2ccnc(NC3CCS(=O)(=O)CC3)n2)s1. The molecule has 0 radical (unpaired) electrons. The maximum Gasteiger partial charge on any atom is 0.267 e. The largest absolute Gasteiger partial charge is 0.377 e. The van der Waals surface area contributed by atoms with E-state index in [1.165, 1.54) is 29.7 Å². The lowest BCUT2D eigenvalue weighted by atomic mass is 10.1. The van der Waals surface area contributed by atoms with Crippen molar-refractivity contribution >= 4 is 48.0 Å². The van der Waals surface area contributed by atoms with E-state index < -0.39 is 47.9 Å². The van der Waals surface area contributed by atoms with Gasteiger partial charge in [0, 0.05) is 17.8 Å². The molecule has 0 spiro atoms. The zero-order chi connectivity index (χ0) is 33.5. The van der Waals surface area contributed by atoms with Crippen LogP contribution in [0.25, 0.3) is 21.8 Å². The Morgan fingerprint density at radius 3 is 2.30 bits per heavy atom. The maximum absolute atomic E-state index is 16.3. The second-order valence-electron chi connectivity index (χ2n) is 11.5. The molecule has 4 heterocycles. The van der Waals surface area contributed by atoms with Gasteiger partial charge in [0.05, 0.1) is 58.8 Å². The van der Waals surface area contributed by atoms with Gasteiger partial charge >= 0.3 is 0 Å². The number of hydrogen-bond donors (Lipinski definition) is 2. The van der Waals surface area contributed by atoms with Gasteiger partial charge in [-0.3, -0.25) is 4.72 Å². The molecule has 0 bridgehead atoms. The highest BCUT2D eigenvalue weighted by atomic mass is 32.2. The summed E-state index contributed by atoms with van der Waals surface area (Å²) in [5.74, 6) is -3.27. The molecule has 250 valence electrons. The van der Waals surface area contributed by atoms with Crippen LogP contribution in [-0.2, 0) is 24.6 Å². The van der Waals surface area contributed by atoms with E-state index in [4.69, 9.17) is 9.72 Å². The van der Waals surface area contributed by atoms with Gasteiger partial charge < -0.3 is 15.0 Å². The summed E-state index contributed by atoms with van der Waals surface area (Å²) in [6.45, 7) is 4.85. The molecule has 2 aliphatic rings. The van der Waals surface area contributed by atoms with E-state index in [0.717, 1.165) is 24.3 Å². The number of morpholine rings is 1. The first-order valence-corrected chi connectivity index (χ1v) is 18.9. The normalized spacial score (nSPS) is 20.2. The quantitative estimate of drug-likeness (QED) is 0.254. The first-order valence-electron chi connectivity index (χ1n) is 14.8. The Kier molecular flexibility index (Phi) is 9.17. The minimum atomic E-state index is -4.86. The van der Waals surface area contributed by atoms with Crippen LogP contribution in [0.3, 0.4) is 0 Å². The highest BCUT2D eigenvalue weighted by Crippen LogP contribution is 2.43. The van der Waals surface area contributed by atoms with Crippen molar-refractivity contribution in [2.45, 2.75) is 49.7 Å². The van der Waals surface area contributed by atoms with Crippen LogP contribution in [0.2, 0.25) is 0 Å². The predicted molar refractivity (Wildman–Crippen MR) is 173 cm³/mol. The number of nitrogens with zero attached hydrogens (tertiary/aromatic N) is 4. The third-order valence-electron chi connectivity index (χ3n) is 7.97. The lowest BCUT2D eigenvalue weighted by Gasteiger charge is -2.38. The molecule has 47 heavy (non-hydrogen) atoms. The van der Waals surface area contributed by atoms with E-state index >= 15 is 4.39 Å². The van der Waals surface area contributed by atoms with Gasteiger partial charge in [0.25, 0.3) is 10.0 Å². The molecular weight excluding hydrogens is 678 g/mol.